The molecule has 0 aliphatic rings. The summed E-state index contributed by atoms with van der Waals surface area (Å²) >= 11 is 5.96. The zero-order valence-electron chi connectivity index (χ0n) is 19.0. The second kappa shape index (κ2) is 11.1. The molecule has 1 atom stereocenters. The van der Waals surface area contributed by atoms with Gasteiger partial charge in [0.15, 0.2) is 8.32 Å². The van der Waals surface area contributed by atoms with Gasteiger partial charge in [0.1, 0.15) is 5.82 Å². The molecule has 0 saturated carbocycles. The van der Waals surface area contributed by atoms with Crippen LogP contribution in [-0.4, -0.2) is 52.0 Å². The maximum atomic E-state index is 13.6. The first-order valence-electron chi connectivity index (χ1n) is 9.94. The predicted octanol–water partition coefficient (Wildman–Crippen LogP) is 4.96. The topological polar surface area (TPSA) is 67.9 Å². The van der Waals surface area contributed by atoms with E-state index in [2.05, 4.69) is 39.2 Å². The molecule has 0 unspecified atom stereocenters. The van der Waals surface area contributed by atoms with Crippen molar-refractivity contribution in [3.8, 4) is 0 Å². The fourth-order valence-electron chi connectivity index (χ4n) is 2.44. The molecule has 0 heterocycles. The molecule has 0 aromatic heterocycles. The van der Waals surface area contributed by atoms with E-state index in [1.807, 2.05) is 0 Å². The number of urea groups is 1. The van der Waals surface area contributed by atoms with Crippen molar-refractivity contribution in [1.82, 2.24) is 10.2 Å². The molecule has 1 aromatic rings. The Bertz CT molecular complexity index is 740. The van der Waals surface area contributed by atoms with E-state index in [4.69, 9.17) is 20.8 Å². The van der Waals surface area contributed by atoms with E-state index in [0.29, 0.717) is 18.6 Å². The van der Waals surface area contributed by atoms with Gasteiger partial charge in [-0.15, -0.1) is 0 Å². The first-order valence-corrected chi connectivity index (χ1v) is 13.2. The van der Waals surface area contributed by atoms with E-state index >= 15 is 0 Å². The van der Waals surface area contributed by atoms with Crippen molar-refractivity contribution in [2.45, 2.75) is 64.3 Å². The summed E-state index contributed by atoms with van der Waals surface area (Å²) in [5, 5.41) is 2.76. The number of benzene rings is 1. The van der Waals surface area contributed by atoms with Crippen LogP contribution in [0.25, 0.3) is 0 Å². The average molecular weight is 461 g/mol. The van der Waals surface area contributed by atoms with Crippen molar-refractivity contribution in [2.75, 3.05) is 20.8 Å². The van der Waals surface area contributed by atoms with Gasteiger partial charge in [0.05, 0.1) is 24.8 Å². The van der Waals surface area contributed by atoms with E-state index in [1.54, 1.807) is 19.2 Å². The molecule has 0 aliphatic heterocycles. The molecule has 0 saturated heterocycles. The van der Waals surface area contributed by atoms with Gasteiger partial charge in [-0.25, -0.2) is 9.18 Å². The third-order valence-electron chi connectivity index (χ3n) is 5.68. The molecule has 1 rings (SSSR count). The van der Waals surface area contributed by atoms with Crippen molar-refractivity contribution >= 4 is 31.9 Å². The smallest absolute Gasteiger partial charge is 0.317 e. The zero-order chi connectivity index (χ0) is 23.1. The van der Waals surface area contributed by atoms with Gasteiger partial charge >= 0.3 is 12.0 Å². The summed E-state index contributed by atoms with van der Waals surface area (Å²) in [5.41, 5.74) is 0.488. The third kappa shape index (κ3) is 7.56. The molecule has 0 aliphatic carbocycles. The van der Waals surface area contributed by atoms with Gasteiger partial charge in [0.2, 0.25) is 0 Å². The standard InChI is InChI=1S/C21H34ClFN2O4Si/c1-21(2,3)30(6,7)29-14-16(11-12-18(26)28-5)25(4)20(27)24-13-15-9-8-10-17(23)19(15)22/h8-10,16H,11-14H2,1-7H3,(H,24,27)/t16-/m0/s1. The average Bonchev–Trinajstić information content (AvgIpc) is 2.67. The molecule has 0 radical (unpaired) electrons. The minimum absolute atomic E-state index is 0.0102. The SMILES string of the molecule is COC(=O)CC[C@@H](CO[Si](C)(C)C(C)(C)C)N(C)C(=O)NCc1cccc(F)c1Cl. The highest BCUT2D eigenvalue weighted by atomic mass is 35.5. The molecule has 0 fully saturated rings. The Morgan fingerprint density at radius 2 is 1.93 bits per heavy atom. The van der Waals surface area contributed by atoms with E-state index in [0.717, 1.165) is 0 Å². The molecule has 170 valence electrons. The van der Waals surface area contributed by atoms with Crippen LogP contribution < -0.4 is 5.32 Å². The second-order valence-corrected chi connectivity index (χ2v) is 14.0. The number of rotatable bonds is 9. The van der Waals surface area contributed by atoms with Gasteiger partial charge in [-0.2, -0.15) is 0 Å². The summed E-state index contributed by atoms with van der Waals surface area (Å²) in [4.78, 5) is 25.9. The lowest BCUT2D eigenvalue weighted by Crippen LogP contribution is -2.49. The molecular formula is C21H34ClFN2O4Si. The van der Waals surface area contributed by atoms with Crippen molar-refractivity contribution in [3.05, 3.63) is 34.6 Å². The number of halogens is 2. The van der Waals surface area contributed by atoms with Gasteiger partial charge in [-0.1, -0.05) is 44.5 Å². The molecule has 2 amide bonds. The molecule has 1 aromatic carbocycles. The van der Waals surface area contributed by atoms with Crippen LogP contribution in [0.3, 0.4) is 0 Å². The highest BCUT2D eigenvalue weighted by molar-refractivity contribution is 6.74. The lowest BCUT2D eigenvalue weighted by Gasteiger charge is -2.38. The first kappa shape index (κ1) is 26.4. The lowest BCUT2D eigenvalue weighted by atomic mass is 10.1. The number of ether oxygens (including phenoxy) is 1. The monoisotopic (exact) mass is 460 g/mol. The molecule has 9 heteroatoms. The number of amides is 2. The highest BCUT2D eigenvalue weighted by Crippen LogP contribution is 2.36. The van der Waals surface area contributed by atoms with Crippen molar-refractivity contribution < 1.29 is 23.1 Å². The maximum absolute atomic E-state index is 13.6. The molecule has 30 heavy (non-hydrogen) atoms. The first-order chi connectivity index (χ1) is 13.8. The van der Waals surface area contributed by atoms with Gasteiger partial charge in [-0.3, -0.25) is 4.79 Å². The minimum atomic E-state index is -2.03. The molecular weight excluding hydrogens is 427 g/mol. The van der Waals surface area contributed by atoms with Crippen LogP contribution in [0.2, 0.25) is 23.2 Å². The van der Waals surface area contributed by atoms with Crippen LogP contribution >= 0.6 is 11.6 Å². The number of likely N-dealkylation sites (N-methyl/N-ethyl adjacent to an activating group) is 1. The summed E-state index contributed by atoms with van der Waals surface area (Å²) in [5.74, 6) is -0.872. The Hall–Kier alpha value is -1.64. The summed E-state index contributed by atoms with van der Waals surface area (Å²) in [6.07, 6.45) is 0.585. The van der Waals surface area contributed by atoms with Crippen LogP contribution in [0, 0.1) is 5.82 Å². The second-order valence-electron chi connectivity index (χ2n) is 8.82. The van der Waals surface area contributed by atoms with Crippen LogP contribution in [0.5, 0.6) is 0 Å². The van der Waals surface area contributed by atoms with Crippen LogP contribution in [0.4, 0.5) is 9.18 Å². The van der Waals surface area contributed by atoms with E-state index in [1.165, 1.54) is 18.1 Å². The van der Waals surface area contributed by atoms with Gasteiger partial charge < -0.3 is 19.4 Å². The summed E-state index contributed by atoms with van der Waals surface area (Å²) in [6, 6.07) is 3.78. The van der Waals surface area contributed by atoms with Gasteiger partial charge in [0.25, 0.3) is 0 Å². The fourth-order valence-corrected chi connectivity index (χ4v) is 3.68. The van der Waals surface area contributed by atoms with Crippen LogP contribution in [0.15, 0.2) is 18.2 Å². The summed E-state index contributed by atoms with van der Waals surface area (Å²) in [7, 11) is 0.957. The van der Waals surface area contributed by atoms with Crippen molar-refractivity contribution in [2.24, 2.45) is 0 Å². The minimum Gasteiger partial charge on any atom is -0.469 e. The number of carbonyl (C=O) groups is 2. The highest BCUT2D eigenvalue weighted by Gasteiger charge is 2.38. The molecule has 0 bridgehead atoms. The zero-order valence-corrected chi connectivity index (χ0v) is 20.7. The number of esters is 1. The summed E-state index contributed by atoms with van der Waals surface area (Å²) < 4.78 is 24.6. The normalized spacial score (nSPS) is 13.0. The largest absolute Gasteiger partial charge is 0.469 e. The predicted molar refractivity (Wildman–Crippen MR) is 120 cm³/mol. The van der Waals surface area contributed by atoms with E-state index in [9.17, 15) is 14.0 Å². The Kier molecular flexibility index (Phi) is 9.77. The quantitative estimate of drug-likeness (QED) is 0.417. The molecule has 1 N–H and O–H groups in total. The lowest BCUT2D eigenvalue weighted by molar-refractivity contribution is -0.141. The van der Waals surface area contributed by atoms with Crippen molar-refractivity contribution in [3.63, 3.8) is 0 Å². The number of carbonyl (C=O) groups excluding carboxylic acids is 2. The fraction of sp³-hybridized carbons (Fsp3) is 0.619. The van der Waals surface area contributed by atoms with Crippen LogP contribution in [-0.2, 0) is 20.5 Å². The third-order valence-corrected chi connectivity index (χ3v) is 10.6. The number of nitrogens with zero attached hydrogens (tertiary/aromatic N) is 1. The number of hydrogen-bond donors (Lipinski definition) is 1. The summed E-state index contributed by atoms with van der Waals surface area (Å²) in [6.45, 7) is 11.1. The van der Waals surface area contributed by atoms with Gasteiger partial charge in [0, 0.05) is 20.0 Å². The Morgan fingerprint density at radius 1 is 1.30 bits per heavy atom. The Balaban J connectivity index is 2.83. The molecule has 6 nitrogen and oxygen atoms in total. The van der Waals surface area contributed by atoms with Crippen molar-refractivity contribution in [1.29, 1.82) is 0 Å². The van der Waals surface area contributed by atoms with E-state index in [-0.39, 0.29) is 41.1 Å². The Morgan fingerprint density at radius 3 is 2.50 bits per heavy atom. The number of methoxy groups -OCH3 is 1. The number of hydrogen-bond acceptors (Lipinski definition) is 4. The number of nitrogens with one attached hydrogen (secondary N) is 1. The maximum Gasteiger partial charge on any atom is 0.317 e. The van der Waals surface area contributed by atoms with Crippen LogP contribution in [0.1, 0.15) is 39.2 Å². The Labute approximate surface area is 185 Å². The molecule has 0 spiro atoms. The van der Waals surface area contributed by atoms with Gasteiger partial charge in [-0.05, 0) is 36.2 Å². The van der Waals surface area contributed by atoms with E-state index < -0.39 is 14.1 Å².